The predicted molar refractivity (Wildman–Crippen MR) is 92.9 cm³/mol. The van der Waals surface area contributed by atoms with Crippen LogP contribution in [-0.2, 0) is 22.3 Å². The van der Waals surface area contributed by atoms with Crippen LogP contribution in [-0.4, -0.2) is 8.42 Å². The Bertz CT molecular complexity index is 886. The van der Waals surface area contributed by atoms with Crippen molar-refractivity contribution < 1.29 is 12.8 Å². The molecule has 0 fully saturated rings. The second-order valence-corrected chi connectivity index (χ2v) is 8.14. The average Bonchev–Trinajstić information content (AvgIpc) is 3.16. The number of hydrogen-bond acceptors (Lipinski definition) is 4. The summed E-state index contributed by atoms with van der Waals surface area (Å²) in [5.41, 5.74) is 0.642. The van der Waals surface area contributed by atoms with Gasteiger partial charge in [-0.1, -0.05) is 29.8 Å². The summed E-state index contributed by atoms with van der Waals surface area (Å²) in [5.74, 6) is 1.19. The minimum absolute atomic E-state index is 0.119. The Morgan fingerprint density at radius 2 is 2.00 bits per heavy atom. The van der Waals surface area contributed by atoms with Gasteiger partial charge >= 0.3 is 0 Å². The Morgan fingerprint density at radius 3 is 2.74 bits per heavy atom. The Balaban J connectivity index is 1.63. The Kier molecular flexibility index (Phi) is 4.87. The molecule has 7 heteroatoms. The average molecular weight is 368 g/mol. The minimum atomic E-state index is -3.46. The highest BCUT2D eigenvalue weighted by Gasteiger charge is 2.13. The SMILES string of the molecule is O=S(=O)(Cc1cccc(Cl)c1)NCc1ccc(-c2cccs2)o1. The number of thiophene rings is 1. The summed E-state index contributed by atoms with van der Waals surface area (Å²) in [6, 6.07) is 14.3. The molecule has 0 spiro atoms. The molecule has 120 valence electrons. The molecule has 4 nitrogen and oxygen atoms in total. The number of furan rings is 1. The van der Waals surface area contributed by atoms with Gasteiger partial charge in [0.05, 0.1) is 17.2 Å². The van der Waals surface area contributed by atoms with E-state index in [0.717, 1.165) is 10.6 Å². The summed E-state index contributed by atoms with van der Waals surface area (Å²) in [7, 11) is -3.46. The monoisotopic (exact) mass is 367 g/mol. The van der Waals surface area contributed by atoms with E-state index in [1.54, 1.807) is 41.7 Å². The number of benzene rings is 1. The molecule has 1 N–H and O–H groups in total. The second kappa shape index (κ2) is 6.88. The smallest absolute Gasteiger partial charge is 0.216 e. The molecule has 0 aliphatic heterocycles. The predicted octanol–water partition coefficient (Wildman–Crippen LogP) is 4.28. The Morgan fingerprint density at radius 1 is 1.13 bits per heavy atom. The van der Waals surface area contributed by atoms with Crippen LogP contribution in [0.2, 0.25) is 5.02 Å². The van der Waals surface area contributed by atoms with Gasteiger partial charge in [-0.15, -0.1) is 11.3 Å². The van der Waals surface area contributed by atoms with Crippen LogP contribution in [0.25, 0.3) is 10.6 Å². The number of nitrogens with one attached hydrogen (secondary N) is 1. The fourth-order valence-electron chi connectivity index (χ4n) is 2.10. The molecule has 2 aromatic heterocycles. The number of hydrogen-bond donors (Lipinski definition) is 1. The lowest BCUT2D eigenvalue weighted by molar-refractivity contribution is 0.510. The van der Waals surface area contributed by atoms with Crippen molar-refractivity contribution in [3.8, 4) is 10.6 Å². The molecule has 3 rings (SSSR count). The number of sulfonamides is 1. The maximum atomic E-state index is 12.1. The maximum Gasteiger partial charge on any atom is 0.216 e. The minimum Gasteiger partial charge on any atom is -0.459 e. The molecule has 0 aliphatic carbocycles. The van der Waals surface area contributed by atoms with Gasteiger partial charge in [0.15, 0.2) is 0 Å². The first-order valence-corrected chi connectivity index (χ1v) is 9.77. The molecular formula is C16H14ClNO3S2. The molecule has 0 saturated heterocycles. The van der Waals surface area contributed by atoms with Gasteiger partial charge in [0.2, 0.25) is 10.0 Å². The van der Waals surface area contributed by atoms with Gasteiger partial charge in [-0.25, -0.2) is 13.1 Å². The first kappa shape index (κ1) is 16.3. The normalized spacial score (nSPS) is 11.7. The molecule has 0 radical (unpaired) electrons. The molecule has 3 aromatic rings. The topological polar surface area (TPSA) is 59.3 Å². The van der Waals surface area contributed by atoms with E-state index < -0.39 is 10.0 Å². The first-order valence-electron chi connectivity index (χ1n) is 6.86. The molecule has 1 aromatic carbocycles. The van der Waals surface area contributed by atoms with E-state index >= 15 is 0 Å². The third-order valence-electron chi connectivity index (χ3n) is 3.14. The summed E-state index contributed by atoms with van der Waals surface area (Å²) in [5, 5.41) is 2.48. The standard InChI is InChI=1S/C16H14ClNO3S2/c17-13-4-1-3-12(9-13)11-23(19,20)18-10-14-6-7-15(21-14)16-5-2-8-22-16/h1-9,18H,10-11H2. The van der Waals surface area contributed by atoms with Gasteiger partial charge < -0.3 is 4.42 Å². The van der Waals surface area contributed by atoms with Crippen LogP contribution in [0.4, 0.5) is 0 Å². The van der Waals surface area contributed by atoms with Crippen LogP contribution in [0, 0.1) is 0 Å². The Labute approximate surface area is 143 Å². The van der Waals surface area contributed by atoms with Crippen molar-refractivity contribution in [3.63, 3.8) is 0 Å². The molecule has 23 heavy (non-hydrogen) atoms. The zero-order valence-corrected chi connectivity index (χ0v) is 14.4. The number of halogens is 1. The van der Waals surface area contributed by atoms with E-state index in [4.69, 9.17) is 16.0 Å². The largest absolute Gasteiger partial charge is 0.459 e. The van der Waals surface area contributed by atoms with E-state index in [-0.39, 0.29) is 12.3 Å². The fraction of sp³-hybridized carbons (Fsp3) is 0.125. The highest BCUT2D eigenvalue weighted by atomic mass is 35.5. The zero-order valence-electron chi connectivity index (χ0n) is 12.0. The third kappa shape index (κ3) is 4.45. The lowest BCUT2D eigenvalue weighted by Gasteiger charge is -2.06. The van der Waals surface area contributed by atoms with E-state index in [9.17, 15) is 8.42 Å². The van der Waals surface area contributed by atoms with Crippen LogP contribution >= 0.6 is 22.9 Å². The molecule has 0 aliphatic rings. The highest BCUT2D eigenvalue weighted by molar-refractivity contribution is 7.88. The van der Waals surface area contributed by atoms with Crippen molar-refractivity contribution in [2.24, 2.45) is 0 Å². The van der Waals surface area contributed by atoms with E-state index in [2.05, 4.69) is 4.72 Å². The van der Waals surface area contributed by atoms with Crippen LogP contribution in [0.5, 0.6) is 0 Å². The van der Waals surface area contributed by atoms with Crippen molar-refractivity contribution in [1.82, 2.24) is 4.72 Å². The first-order chi connectivity index (χ1) is 11.0. The lowest BCUT2D eigenvalue weighted by Crippen LogP contribution is -2.24. The van der Waals surface area contributed by atoms with Crippen molar-refractivity contribution in [2.75, 3.05) is 0 Å². The summed E-state index contributed by atoms with van der Waals surface area (Å²) < 4.78 is 32.4. The van der Waals surface area contributed by atoms with Gasteiger partial charge in [0.25, 0.3) is 0 Å². The van der Waals surface area contributed by atoms with Gasteiger partial charge in [-0.3, -0.25) is 0 Å². The lowest BCUT2D eigenvalue weighted by atomic mass is 10.2. The van der Waals surface area contributed by atoms with Crippen LogP contribution < -0.4 is 4.72 Å². The van der Waals surface area contributed by atoms with Crippen molar-refractivity contribution in [2.45, 2.75) is 12.3 Å². The molecule has 0 amide bonds. The van der Waals surface area contributed by atoms with E-state index in [1.165, 1.54) is 0 Å². The van der Waals surface area contributed by atoms with E-state index in [0.29, 0.717) is 16.3 Å². The third-order valence-corrected chi connectivity index (χ3v) is 5.55. The van der Waals surface area contributed by atoms with Crippen molar-refractivity contribution in [3.05, 3.63) is 70.3 Å². The molecule has 0 saturated carbocycles. The summed E-state index contributed by atoms with van der Waals surface area (Å²) in [6.45, 7) is 0.119. The van der Waals surface area contributed by atoms with Crippen LogP contribution in [0.15, 0.2) is 58.3 Å². The van der Waals surface area contributed by atoms with Crippen LogP contribution in [0.1, 0.15) is 11.3 Å². The van der Waals surface area contributed by atoms with Gasteiger partial charge in [0.1, 0.15) is 11.5 Å². The summed E-state index contributed by atoms with van der Waals surface area (Å²) >= 11 is 7.44. The quantitative estimate of drug-likeness (QED) is 0.707. The van der Waals surface area contributed by atoms with Crippen molar-refractivity contribution >= 4 is 33.0 Å². The van der Waals surface area contributed by atoms with Gasteiger partial charge in [-0.2, -0.15) is 0 Å². The molecule has 0 unspecified atom stereocenters. The summed E-state index contributed by atoms with van der Waals surface area (Å²) in [4.78, 5) is 1.01. The van der Waals surface area contributed by atoms with E-state index in [1.807, 2.05) is 23.6 Å². The van der Waals surface area contributed by atoms with Crippen LogP contribution in [0.3, 0.4) is 0 Å². The van der Waals surface area contributed by atoms with Crippen molar-refractivity contribution in [1.29, 1.82) is 0 Å². The zero-order chi connectivity index (χ0) is 16.3. The molecular weight excluding hydrogens is 354 g/mol. The number of rotatable bonds is 6. The maximum absolute atomic E-state index is 12.1. The van der Waals surface area contributed by atoms with Gasteiger partial charge in [-0.05, 0) is 41.3 Å². The Hall–Kier alpha value is -1.60. The fourth-order valence-corrected chi connectivity index (χ4v) is 4.08. The molecule has 0 atom stereocenters. The van der Waals surface area contributed by atoms with Gasteiger partial charge in [0, 0.05) is 5.02 Å². The second-order valence-electron chi connectivity index (χ2n) is 4.95. The molecule has 0 bridgehead atoms. The molecule has 2 heterocycles. The summed E-state index contributed by atoms with van der Waals surface area (Å²) in [6.07, 6.45) is 0. The highest BCUT2D eigenvalue weighted by Crippen LogP contribution is 2.26.